The Labute approximate surface area is 110 Å². The zero-order valence-electron chi connectivity index (χ0n) is 12.1. The number of benzene rings is 1. The first kappa shape index (κ1) is 14.6. The standard InChI is InChI=1S/C13H18N2O.C2H6/c1-15(2)8-7-10-9-14-13-11(10)5-4-6-12(13)16-3;1-2/h4-6,9,14H,7-8H2,1-3H3;1-2H3. The van der Waals surface area contributed by atoms with Crippen LogP contribution in [0.2, 0.25) is 0 Å². The number of likely N-dealkylation sites (N-methyl/N-ethyl adjacent to an activating group) is 1. The summed E-state index contributed by atoms with van der Waals surface area (Å²) in [7, 11) is 5.89. The molecule has 0 bridgehead atoms. The van der Waals surface area contributed by atoms with Gasteiger partial charge < -0.3 is 14.6 Å². The smallest absolute Gasteiger partial charge is 0.142 e. The van der Waals surface area contributed by atoms with E-state index < -0.39 is 0 Å². The molecule has 18 heavy (non-hydrogen) atoms. The predicted octanol–water partition coefficient (Wildman–Crippen LogP) is 3.31. The minimum absolute atomic E-state index is 0.911. The molecule has 0 saturated carbocycles. The number of ether oxygens (including phenoxy) is 1. The lowest BCUT2D eigenvalue weighted by Crippen LogP contribution is -2.14. The van der Waals surface area contributed by atoms with Gasteiger partial charge in [-0.05, 0) is 32.1 Å². The van der Waals surface area contributed by atoms with Gasteiger partial charge in [0, 0.05) is 18.1 Å². The molecule has 1 aromatic heterocycles. The van der Waals surface area contributed by atoms with Crippen LogP contribution < -0.4 is 4.74 Å². The number of fused-ring (bicyclic) bond motifs is 1. The van der Waals surface area contributed by atoms with Crippen LogP contribution in [0.1, 0.15) is 19.4 Å². The Morgan fingerprint density at radius 2 is 1.94 bits per heavy atom. The number of nitrogens with zero attached hydrogens (tertiary/aromatic N) is 1. The minimum Gasteiger partial charge on any atom is -0.495 e. The number of aromatic nitrogens is 1. The van der Waals surface area contributed by atoms with Gasteiger partial charge in [-0.25, -0.2) is 0 Å². The molecule has 1 aromatic carbocycles. The van der Waals surface area contributed by atoms with Crippen molar-refractivity contribution in [3.8, 4) is 5.75 Å². The number of methoxy groups -OCH3 is 1. The number of hydrogen-bond acceptors (Lipinski definition) is 2. The molecule has 0 aliphatic carbocycles. The molecule has 0 spiro atoms. The largest absolute Gasteiger partial charge is 0.495 e. The average Bonchev–Trinajstić information content (AvgIpc) is 2.81. The van der Waals surface area contributed by atoms with Crippen LogP contribution in [0.3, 0.4) is 0 Å². The third-order valence-corrected chi connectivity index (χ3v) is 2.81. The second-order valence-electron chi connectivity index (χ2n) is 4.25. The van der Waals surface area contributed by atoms with Crippen LogP contribution in [-0.2, 0) is 6.42 Å². The summed E-state index contributed by atoms with van der Waals surface area (Å²) in [4.78, 5) is 5.48. The molecule has 100 valence electrons. The van der Waals surface area contributed by atoms with Gasteiger partial charge in [0.25, 0.3) is 0 Å². The zero-order chi connectivity index (χ0) is 13.5. The molecule has 1 heterocycles. The second-order valence-corrected chi connectivity index (χ2v) is 4.25. The van der Waals surface area contributed by atoms with Crippen LogP contribution in [0.5, 0.6) is 5.75 Å². The highest BCUT2D eigenvalue weighted by molar-refractivity contribution is 5.88. The molecule has 0 unspecified atom stereocenters. The monoisotopic (exact) mass is 248 g/mol. The molecular weight excluding hydrogens is 224 g/mol. The minimum atomic E-state index is 0.911. The summed E-state index contributed by atoms with van der Waals surface area (Å²) in [5, 5.41) is 1.27. The van der Waals surface area contributed by atoms with Gasteiger partial charge in [0.1, 0.15) is 5.75 Å². The third kappa shape index (κ3) is 3.26. The molecule has 0 saturated heterocycles. The molecule has 3 nitrogen and oxygen atoms in total. The van der Waals surface area contributed by atoms with Gasteiger partial charge in [0.15, 0.2) is 0 Å². The quantitative estimate of drug-likeness (QED) is 0.899. The van der Waals surface area contributed by atoms with E-state index in [0.717, 1.165) is 24.2 Å². The maximum absolute atomic E-state index is 5.32. The van der Waals surface area contributed by atoms with Crippen molar-refractivity contribution in [2.24, 2.45) is 0 Å². The lowest BCUT2D eigenvalue weighted by molar-refractivity contribution is 0.414. The Morgan fingerprint density at radius 1 is 1.22 bits per heavy atom. The summed E-state index contributed by atoms with van der Waals surface area (Å²) in [6, 6.07) is 6.15. The maximum Gasteiger partial charge on any atom is 0.142 e. The fourth-order valence-corrected chi connectivity index (χ4v) is 1.91. The van der Waals surface area contributed by atoms with E-state index in [2.05, 4.69) is 36.2 Å². The van der Waals surface area contributed by atoms with Gasteiger partial charge in [-0.15, -0.1) is 0 Å². The topological polar surface area (TPSA) is 28.3 Å². The van der Waals surface area contributed by atoms with Crippen LogP contribution in [0.4, 0.5) is 0 Å². The molecule has 0 aliphatic heterocycles. The van der Waals surface area contributed by atoms with Crippen molar-refractivity contribution in [1.29, 1.82) is 0 Å². The highest BCUT2D eigenvalue weighted by Crippen LogP contribution is 2.27. The molecule has 2 rings (SSSR count). The predicted molar refractivity (Wildman–Crippen MR) is 78.5 cm³/mol. The van der Waals surface area contributed by atoms with E-state index in [4.69, 9.17) is 4.74 Å². The highest BCUT2D eigenvalue weighted by Gasteiger charge is 2.07. The van der Waals surface area contributed by atoms with Gasteiger partial charge in [-0.2, -0.15) is 0 Å². The van der Waals surface area contributed by atoms with Gasteiger partial charge in [0.05, 0.1) is 12.6 Å². The van der Waals surface area contributed by atoms with E-state index in [1.165, 1.54) is 10.9 Å². The normalized spacial score (nSPS) is 10.3. The Bertz CT molecular complexity index is 474. The Kier molecular flexibility index (Phi) is 5.72. The fourth-order valence-electron chi connectivity index (χ4n) is 1.91. The summed E-state index contributed by atoms with van der Waals surface area (Å²) < 4.78 is 5.32. The Hall–Kier alpha value is -1.48. The van der Waals surface area contributed by atoms with Crippen molar-refractivity contribution in [3.63, 3.8) is 0 Å². The first-order chi connectivity index (χ1) is 8.72. The van der Waals surface area contributed by atoms with Crippen molar-refractivity contribution >= 4 is 10.9 Å². The van der Waals surface area contributed by atoms with Crippen LogP contribution in [0.25, 0.3) is 10.9 Å². The van der Waals surface area contributed by atoms with E-state index in [1.807, 2.05) is 26.0 Å². The van der Waals surface area contributed by atoms with E-state index >= 15 is 0 Å². The number of aromatic amines is 1. The first-order valence-corrected chi connectivity index (χ1v) is 6.50. The summed E-state index contributed by atoms with van der Waals surface area (Å²) in [5.74, 6) is 0.911. The van der Waals surface area contributed by atoms with Gasteiger partial charge in [-0.3, -0.25) is 0 Å². The summed E-state index contributed by atoms with van der Waals surface area (Å²) in [6.07, 6.45) is 3.14. The number of para-hydroxylation sites is 1. The number of nitrogens with one attached hydrogen (secondary N) is 1. The summed E-state index contributed by atoms with van der Waals surface area (Å²) in [5.41, 5.74) is 2.45. The van der Waals surface area contributed by atoms with Crippen LogP contribution >= 0.6 is 0 Å². The van der Waals surface area contributed by atoms with Crippen LogP contribution in [-0.4, -0.2) is 37.6 Å². The number of H-pyrrole nitrogens is 1. The van der Waals surface area contributed by atoms with Gasteiger partial charge >= 0.3 is 0 Å². The van der Waals surface area contributed by atoms with E-state index in [9.17, 15) is 0 Å². The second kappa shape index (κ2) is 7.07. The highest BCUT2D eigenvalue weighted by atomic mass is 16.5. The third-order valence-electron chi connectivity index (χ3n) is 2.81. The maximum atomic E-state index is 5.32. The Balaban J connectivity index is 0.000000771. The van der Waals surface area contributed by atoms with Crippen LogP contribution in [0, 0.1) is 0 Å². The van der Waals surface area contributed by atoms with E-state index in [1.54, 1.807) is 7.11 Å². The van der Waals surface area contributed by atoms with Gasteiger partial charge in [-0.1, -0.05) is 26.0 Å². The molecule has 0 atom stereocenters. The molecule has 0 amide bonds. The lowest BCUT2D eigenvalue weighted by Gasteiger charge is -2.08. The molecule has 0 radical (unpaired) electrons. The average molecular weight is 248 g/mol. The molecule has 2 aromatic rings. The van der Waals surface area contributed by atoms with Crippen LogP contribution in [0.15, 0.2) is 24.4 Å². The van der Waals surface area contributed by atoms with Crippen molar-refractivity contribution in [2.45, 2.75) is 20.3 Å². The van der Waals surface area contributed by atoms with Gasteiger partial charge in [0.2, 0.25) is 0 Å². The van der Waals surface area contributed by atoms with Crippen molar-refractivity contribution in [1.82, 2.24) is 9.88 Å². The lowest BCUT2D eigenvalue weighted by atomic mass is 10.1. The number of hydrogen-bond donors (Lipinski definition) is 1. The Morgan fingerprint density at radius 3 is 2.56 bits per heavy atom. The van der Waals surface area contributed by atoms with Crippen molar-refractivity contribution in [2.75, 3.05) is 27.7 Å². The molecule has 3 heteroatoms. The van der Waals surface area contributed by atoms with Crippen molar-refractivity contribution in [3.05, 3.63) is 30.0 Å². The number of rotatable bonds is 4. The van der Waals surface area contributed by atoms with E-state index in [-0.39, 0.29) is 0 Å². The molecular formula is C15H24N2O. The fraction of sp³-hybridized carbons (Fsp3) is 0.467. The summed E-state index contributed by atoms with van der Waals surface area (Å²) >= 11 is 0. The first-order valence-electron chi connectivity index (χ1n) is 6.50. The molecule has 0 fully saturated rings. The summed E-state index contributed by atoms with van der Waals surface area (Å²) in [6.45, 7) is 5.06. The van der Waals surface area contributed by atoms with E-state index in [0.29, 0.717) is 0 Å². The SMILES string of the molecule is CC.COc1cccc2c(CCN(C)C)c[nH]c12. The zero-order valence-corrected chi connectivity index (χ0v) is 12.1. The molecule has 0 aliphatic rings. The molecule has 1 N–H and O–H groups in total. The van der Waals surface area contributed by atoms with Crippen molar-refractivity contribution < 1.29 is 4.74 Å².